The summed E-state index contributed by atoms with van der Waals surface area (Å²) in [5.74, 6) is -0.0463. The molecule has 0 saturated carbocycles. The Kier molecular flexibility index (Phi) is 63.4. The second kappa shape index (κ2) is 64.9. The number of aliphatic hydroxyl groups is 2. The normalized spacial score (nSPS) is 12.6. The molecule has 0 aliphatic rings. The van der Waals surface area contributed by atoms with E-state index in [9.17, 15) is 19.8 Å². The maximum Gasteiger partial charge on any atom is 0.305 e. The third kappa shape index (κ3) is 61.4. The highest BCUT2D eigenvalue weighted by molar-refractivity contribution is 5.76. The van der Waals surface area contributed by atoms with Crippen molar-refractivity contribution in [2.24, 2.45) is 0 Å². The molecule has 0 aromatic rings. The third-order valence-corrected chi connectivity index (χ3v) is 16.0. The van der Waals surface area contributed by atoms with E-state index in [0.29, 0.717) is 19.4 Å². The number of amides is 1. The van der Waals surface area contributed by atoms with Crippen molar-refractivity contribution in [1.82, 2.24) is 5.32 Å². The quantitative estimate of drug-likeness (QED) is 0.0320. The van der Waals surface area contributed by atoms with Crippen molar-refractivity contribution in [2.75, 3.05) is 13.2 Å². The van der Waals surface area contributed by atoms with E-state index in [1.807, 2.05) is 6.08 Å². The van der Waals surface area contributed by atoms with Crippen molar-refractivity contribution in [2.45, 2.75) is 392 Å². The van der Waals surface area contributed by atoms with Crippen LogP contribution in [0.4, 0.5) is 0 Å². The molecule has 0 bridgehead atoms. The van der Waals surface area contributed by atoms with Crippen LogP contribution in [0.1, 0.15) is 380 Å². The van der Waals surface area contributed by atoms with E-state index in [4.69, 9.17) is 4.74 Å². The lowest BCUT2D eigenvalue weighted by atomic mass is 10.0. The molecule has 3 N–H and O–H groups in total. The molecule has 0 heterocycles. The van der Waals surface area contributed by atoms with Crippen LogP contribution in [0.2, 0.25) is 0 Å². The predicted octanol–water partition coefficient (Wildman–Crippen LogP) is 21.8. The minimum absolute atomic E-state index is 0.0182. The number of carbonyl (C=O) groups is 2. The van der Waals surface area contributed by atoms with E-state index >= 15 is 0 Å². The van der Waals surface area contributed by atoms with Crippen LogP contribution in [-0.4, -0.2) is 47.4 Å². The van der Waals surface area contributed by atoms with E-state index in [0.717, 1.165) is 38.5 Å². The molecule has 0 rings (SSSR count). The molecular formula is C69H133NO5. The molecule has 75 heavy (non-hydrogen) atoms. The van der Waals surface area contributed by atoms with Gasteiger partial charge in [-0.25, -0.2) is 0 Å². The number of esters is 1. The molecule has 1 amide bonds. The number of nitrogens with one attached hydrogen (secondary N) is 1. The van der Waals surface area contributed by atoms with Crippen molar-refractivity contribution in [3.8, 4) is 0 Å². The molecule has 0 aliphatic carbocycles. The standard InChI is InChI=1S/C69H133NO5/c1-3-5-7-9-11-13-15-17-18-34-38-41-45-49-53-57-61-67(72)66(65-71)70-68(73)62-58-54-50-46-42-39-35-32-30-28-26-24-22-20-19-21-23-25-27-29-31-33-36-40-44-48-52-56-60-64-75-69(74)63-59-55-51-47-43-37-16-14-12-10-8-6-4-2/h19,21,57,61,66-67,71-72H,3-18,20,22-56,58-60,62-65H2,1-2H3,(H,70,73)/b21-19-,61-57+. The lowest BCUT2D eigenvalue weighted by Crippen LogP contribution is -2.45. The second-order valence-corrected chi connectivity index (χ2v) is 23.5. The lowest BCUT2D eigenvalue weighted by molar-refractivity contribution is -0.143. The number of ether oxygens (including phenoxy) is 1. The maximum absolute atomic E-state index is 12.5. The highest BCUT2D eigenvalue weighted by atomic mass is 16.5. The number of hydrogen-bond donors (Lipinski definition) is 3. The van der Waals surface area contributed by atoms with E-state index in [1.54, 1.807) is 6.08 Å². The summed E-state index contributed by atoms with van der Waals surface area (Å²) in [5, 5.41) is 23.2. The first-order valence-corrected chi connectivity index (χ1v) is 34.1. The Morgan fingerprint density at radius 2 is 0.627 bits per heavy atom. The number of carbonyl (C=O) groups excluding carboxylic acids is 2. The average molecular weight is 1060 g/mol. The SMILES string of the molecule is CCCCCCCCCCCCCCCC/C=C/C(O)C(CO)NC(=O)CCCCCCCCCCCCCCC/C=C\CCCCCCCCCCCCCCOC(=O)CCCCCCCCCCCCCCC. The molecule has 6 nitrogen and oxygen atoms in total. The summed E-state index contributed by atoms with van der Waals surface area (Å²) in [5.41, 5.74) is 0. The number of allylic oxidation sites excluding steroid dienone is 3. The Bertz CT molecular complexity index is 1170. The second-order valence-electron chi connectivity index (χ2n) is 23.5. The van der Waals surface area contributed by atoms with Gasteiger partial charge in [-0.2, -0.15) is 0 Å². The average Bonchev–Trinajstić information content (AvgIpc) is 3.41. The van der Waals surface area contributed by atoms with Gasteiger partial charge in [0.1, 0.15) is 0 Å². The molecular weight excluding hydrogens is 923 g/mol. The summed E-state index contributed by atoms with van der Waals surface area (Å²) >= 11 is 0. The highest BCUT2D eigenvalue weighted by Crippen LogP contribution is 2.18. The van der Waals surface area contributed by atoms with Crippen LogP contribution in [0, 0.1) is 0 Å². The van der Waals surface area contributed by atoms with E-state index in [2.05, 4.69) is 31.3 Å². The predicted molar refractivity (Wildman–Crippen MR) is 329 cm³/mol. The molecule has 0 aliphatic heterocycles. The summed E-state index contributed by atoms with van der Waals surface area (Å²) < 4.78 is 5.49. The Balaban J connectivity index is 3.38. The molecule has 444 valence electrons. The van der Waals surface area contributed by atoms with Crippen molar-refractivity contribution < 1.29 is 24.5 Å². The molecule has 0 fully saturated rings. The molecule has 0 saturated heterocycles. The molecule has 0 aromatic heterocycles. The van der Waals surface area contributed by atoms with Crippen LogP contribution in [-0.2, 0) is 14.3 Å². The maximum atomic E-state index is 12.5. The van der Waals surface area contributed by atoms with Crippen LogP contribution in [0.15, 0.2) is 24.3 Å². The number of rotatable bonds is 64. The van der Waals surface area contributed by atoms with Crippen molar-refractivity contribution in [3.05, 3.63) is 24.3 Å². The van der Waals surface area contributed by atoms with Gasteiger partial charge in [0.2, 0.25) is 5.91 Å². The minimum atomic E-state index is -0.843. The molecule has 0 aromatic carbocycles. The number of unbranched alkanes of at least 4 members (excludes halogenated alkanes) is 51. The summed E-state index contributed by atoms with van der Waals surface area (Å²) in [6, 6.07) is -0.627. The van der Waals surface area contributed by atoms with Crippen molar-refractivity contribution in [3.63, 3.8) is 0 Å². The fraction of sp³-hybridized carbons (Fsp3) is 0.913. The van der Waals surface area contributed by atoms with Gasteiger partial charge >= 0.3 is 5.97 Å². The van der Waals surface area contributed by atoms with Crippen molar-refractivity contribution in [1.29, 1.82) is 0 Å². The fourth-order valence-electron chi connectivity index (χ4n) is 10.7. The smallest absolute Gasteiger partial charge is 0.305 e. The Morgan fingerprint density at radius 1 is 0.360 bits per heavy atom. The van der Waals surface area contributed by atoms with Gasteiger partial charge in [0, 0.05) is 12.8 Å². The zero-order chi connectivity index (χ0) is 54.3. The molecule has 0 spiro atoms. The van der Waals surface area contributed by atoms with Gasteiger partial charge in [0.05, 0.1) is 25.4 Å². The number of aliphatic hydroxyl groups excluding tert-OH is 2. The number of hydrogen-bond acceptors (Lipinski definition) is 5. The lowest BCUT2D eigenvalue weighted by Gasteiger charge is -2.20. The van der Waals surface area contributed by atoms with Crippen LogP contribution < -0.4 is 5.32 Å². The largest absolute Gasteiger partial charge is 0.466 e. The van der Waals surface area contributed by atoms with Crippen LogP contribution in [0.3, 0.4) is 0 Å². The highest BCUT2D eigenvalue weighted by Gasteiger charge is 2.18. The molecule has 2 atom stereocenters. The first-order chi connectivity index (χ1) is 37.0. The van der Waals surface area contributed by atoms with Crippen LogP contribution in [0.5, 0.6) is 0 Å². The molecule has 6 heteroatoms. The third-order valence-electron chi connectivity index (χ3n) is 16.0. The Morgan fingerprint density at radius 3 is 0.947 bits per heavy atom. The van der Waals surface area contributed by atoms with E-state index in [-0.39, 0.29) is 18.5 Å². The minimum Gasteiger partial charge on any atom is -0.466 e. The van der Waals surface area contributed by atoms with Gasteiger partial charge in [-0.3, -0.25) is 9.59 Å². The molecule has 0 radical (unpaired) electrons. The summed E-state index contributed by atoms with van der Waals surface area (Å²) in [4.78, 5) is 24.5. The first-order valence-electron chi connectivity index (χ1n) is 34.1. The summed E-state index contributed by atoms with van der Waals surface area (Å²) in [7, 11) is 0. The van der Waals surface area contributed by atoms with Gasteiger partial charge in [-0.1, -0.05) is 334 Å². The van der Waals surface area contributed by atoms with E-state index in [1.165, 1.54) is 315 Å². The van der Waals surface area contributed by atoms with Gasteiger partial charge in [-0.05, 0) is 57.8 Å². The topological polar surface area (TPSA) is 95.9 Å². The van der Waals surface area contributed by atoms with E-state index < -0.39 is 12.1 Å². The van der Waals surface area contributed by atoms with Gasteiger partial charge in [-0.15, -0.1) is 0 Å². The van der Waals surface area contributed by atoms with Gasteiger partial charge in [0.15, 0.2) is 0 Å². The zero-order valence-electron chi connectivity index (χ0n) is 50.8. The van der Waals surface area contributed by atoms with Crippen molar-refractivity contribution >= 4 is 11.9 Å². The Hall–Kier alpha value is -1.66. The fourth-order valence-corrected chi connectivity index (χ4v) is 10.7. The monoisotopic (exact) mass is 1060 g/mol. The van der Waals surface area contributed by atoms with Crippen LogP contribution in [0.25, 0.3) is 0 Å². The summed E-state index contributed by atoms with van der Waals surface area (Å²) in [6.45, 7) is 4.94. The first kappa shape index (κ1) is 73.3. The Labute approximate surface area is 469 Å². The zero-order valence-corrected chi connectivity index (χ0v) is 50.8. The van der Waals surface area contributed by atoms with Crippen LogP contribution >= 0.6 is 0 Å². The summed E-state index contributed by atoms with van der Waals surface area (Å²) in [6.07, 6.45) is 81.1. The van der Waals surface area contributed by atoms with Gasteiger partial charge in [0.25, 0.3) is 0 Å². The van der Waals surface area contributed by atoms with Gasteiger partial charge < -0.3 is 20.3 Å². The molecule has 2 unspecified atom stereocenters.